The van der Waals surface area contributed by atoms with Crippen molar-refractivity contribution in [2.24, 2.45) is 0 Å². The molecule has 0 unspecified atom stereocenters. The van der Waals surface area contributed by atoms with Gasteiger partial charge in [-0.25, -0.2) is 4.98 Å². The predicted molar refractivity (Wildman–Crippen MR) is 63.1 cm³/mol. The monoisotopic (exact) mass is 223 g/mol. The Morgan fingerprint density at radius 2 is 2.18 bits per heavy atom. The van der Waals surface area contributed by atoms with Gasteiger partial charge in [0.2, 0.25) is 0 Å². The van der Waals surface area contributed by atoms with Crippen LogP contribution in [0.5, 0.6) is 5.75 Å². The fraction of sp³-hybridized carbons (Fsp3) is 0.0769. The molecule has 17 heavy (non-hydrogen) atoms. The lowest BCUT2D eigenvalue weighted by molar-refractivity contribution is 0.301. The number of fused-ring (bicyclic) bond motifs is 3. The Kier molecular flexibility index (Phi) is 1.99. The number of hydrogen-bond acceptors (Lipinski definition) is 4. The molecule has 0 bridgehead atoms. The first-order valence-corrected chi connectivity index (χ1v) is 5.21. The molecule has 2 aromatic rings. The maximum Gasteiger partial charge on any atom is 0.142 e. The number of aromatic nitrogens is 1. The van der Waals surface area contributed by atoms with E-state index in [4.69, 9.17) is 15.7 Å². The van der Waals surface area contributed by atoms with Crippen LogP contribution < -0.4 is 10.5 Å². The summed E-state index contributed by atoms with van der Waals surface area (Å²) in [5.74, 6) is 1.07. The number of rotatable bonds is 0. The van der Waals surface area contributed by atoms with Gasteiger partial charge in [0.1, 0.15) is 24.2 Å². The van der Waals surface area contributed by atoms with Gasteiger partial charge < -0.3 is 10.5 Å². The maximum absolute atomic E-state index is 8.90. The largest absolute Gasteiger partial charge is 0.488 e. The summed E-state index contributed by atoms with van der Waals surface area (Å²) in [5.41, 5.74) is 8.76. The van der Waals surface area contributed by atoms with E-state index < -0.39 is 0 Å². The van der Waals surface area contributed by atoms with Crippen LogP contribution in [0.25, 0.3) is 11.3 Å². The molecule has 2 heterocycles. The van der Waals surface area contributed by atoms with E-state index in [1.165, 1.54) is 0 Å². The number of ether oxygens (including phenoxy) is 1. The third-order valence-corrected chi connectivity index (χ3v) is 2.78. The summed E-state index contributed by atoms with van der Waals surface area (Å²) >= 11 is 0. The van der Waals surface area contributed by atoms with Gasteiger partial charge in [-0.3, -0.25) is 0 Å². The number of hydrogen-bond donors (Lipinski definition) is 1. The molecular weight excluding hydrogens is 214 g/mol. The molecule has 0 amide bonds. The summed E-state index contributed by atoms with van der Waals surface area (Å²) in [4.78, 5) is 4.30. The minimum Gasteiger partial charge on any atom is -0.488 e. The summed E-state index contributed by atoms with van der Waals surface area (Å²) in [6, 6.07) is 11.4. The van der Waals surface area contributed by atoms with E-state index in [2.05, 4.69) is 4.98 Å². The van der Waals surface area contributed by atoms with Gasteiger partial charge in [-0.2, -0.15) is 5.26 Å². The van der Waals surface area contributed by atoms with E-state index in [-0.39, 0.29) is 5.82 Å². The molecule has 0 aliphatic carbocycles. The van der Waals surface area contributed by atoms with Gasteiger partial charge in [0.25, 0.3) is 0 Å². The second-order valence-corrected chi connectivity index (χ2v) is 3.83. The van der Waals surface area contributed by atoms with E-state index in [0.717, 1.165) is 22.6 Å². The van der Waals surface area contributed by atoms with E-state index >= 15 is 0 Å². The Morgan fingerprint density at radius 1 is 1.35 bits per heavy atom. The number of nitriles is 1. The molecule has 82 valence electrons. The number of nitrogen functional groups attached to an aromatic ring is 1. The fourth-order valence-corrected chi connectivity index (χ4v) is 1.95. The molecule has 0 saturated carbocycles. The van der Waals surface area contributed by atoms with E-state index in [1.807, 2.05) is 30.3 Å². The van der Waals surface area contributed by atoms with Crippen LogP contribution in [-0.4, -0.2) is 4.98 Å². The third kappa shape index (κ3) is 1.41. The van der Waals surface area contributed by atoms with Crippen LogP contribution in [0.1, 0.15) is 11.1 Å². The minimum absolute atomic E-state index is 0.267. The molecule has 1 aliphatic rings. The van der Waals surface area contributed by atoms with Gasteiger partial charge in [-0.05, 0) is 18.2 Å². The summed E-state index contributed by atoms with van der Waals surface area (Å²) in [7, 11) is 0. The van der Waals surface area contributed by atoms with Crippen molar-refractivity contribution in [3.63, 3.8) is 0 Å². The van der Waals surface area contributed by atoms with Crippen LogP contribution in [0.15, 0.2) is 30.3 Å². The van der Waals surface area contributed by atoms with Gasteiger partial charge in [0.05, 0.1) is 11.3 Å². The van der Waals surface area contributed by atoms with Crippen LogP contribution in [0.2, 0.25) is 0 Å². The molecule has 4 nitrogen and oxygen atoms in total. The van der Waals surface area contributed by atoms with Crippen LogP contribution in [0.3, 0.4) is 0 Å². The molecule has 2 N–H and O–H groups in total. The second-order valence-electron chi connectivity index (χ2n) is 3.83. The Labute approximate surface area is 98.3 Å². The quantitative estimate of drug-likeness (QED) is 0.742. The molecule has 4 heteroatoms. The van der Waals surface area contributed by atoms with Crippen molar-refractivity contribution in [3.8, 4) is 23.1 Å². The zero-order valence-electron chi connectivity index (χ0n) is 8.97. The zero-order chi connectivity index (χ0) is 11.8. The van der Waals surface area contributed by atoms with Crippen molar-refractivity contribution in [2.75, 3.05) is 5.73 Å². The van der Waals surface area contributed by atoms with Crippen molar-refractivity contribution in [1.82, 2.24) is 4.98 Å². The van der Waals surface area contributed by atoms with E-state index in [1.54, 1.807) is 6.07 Å². The zero-order valence-corrected chi connectivity index (χ0v) is 8.97. The highest BCUT2D eigenvalue weighted by molar-refractivity contribution is 5.74. The normalized spacial score (nSPS) is 11.9. The SMILES string of the molecule is N#Cc1cc2c(nc1N)-c1ccccc1OC2. The van der Waals surface area contributed by atoms with Crippen LogP contribution in [-0.2, 0) is 6.61 Å². The average Bonchev–Trinajstić information content (AvgIpc) is 2.38. The molecule has 0 atom stereocenters. The second kappa shape index (κ2) is 3.49. The first kappa shape index (κ1) is 9.67. The molecule has 3 rings (SSSR count). The van der Waals surface area contributed by atoms with Crippen LogP contribution in [0.4, 0.5) is 5.82 Å². The lowest BCUT2D eigenvalue weighted by Crippen LogP contribution is -2.09. The summed E-state index contributed by atoms with van der Waals surface area (Å²) in [6.45, 7) is 0.425. The minimum atomic E-state index is 0.267. The Morgan fingerprint density at radius 3 is 3.00 bits per heavy atom. The van der Waals surface area contributed by atoms with E-state index in [0.29, 0.717) is 12.2 Å². The number of pyridine rings is 1. The first-order valence-electron chi connectivity index (χ1n) is 5.21. The van der Waals surface area contributed by atoms with Gasteiger partial charge >= 0.3 is 0 Å². The Balaban J connectivity index is 2.27. The Bertz CT molecular complexity index is 644. The molecule has 0 fully saturated rings. The summed E-state index contributed by atoms with van der Waals surface area (Å²) in [6.07, 6.45) is 0. The molecule has 0 spiro atoms. The molecule has 0 saturated heterocycles. The van der Waals surface area contributed by atoms with E-state index in [9.17, 15) is 0 Å². The number of anilines is 1. The standard InChI is InChI=1S/C13H9N3O/c14-6-8-5-9-7-17-11-4-2-1-3-10(11)12(9)16-13(8)15/h1-5H,7H2,(H2,15,16). The first-order chi connectivity index (χ1) is 8.29. The lowest BCUT2D eigenvalue weighted by atomic mass is 10.0. The number of para-hydroxylation sites is 1. The van der Waals surface area contributed by atoms with Gasteiger partial charge in [-0.15, -0.1) is 0 Å². The molecule has 1 aliphatic heterocycles. The van der Waals surface area contributed by atoms with Gasteiger partial charge in [-0.1, -0.05) is 12.1 Å². The number of benzene rings is 1. The van der Waals surface area contributed by atoms with Crippen molar-refractivity contribution in [3.05, 3.63) is 41.5 Å². The van der Waals surface area contributed by atoms with Crippen LogP contribution in [0, 0.1) is 11.3 Å². The lowest BCUT2D eigenvalue weighted by Gasteiger charge is -2.20. The molecule has 1 aromatic heterocycles. The third-order valence-electron chi connectivity index (χ3n) is 2.78. The summed E-state index contributed by atoms with van der Waals surface area (Å²) < 4.78 is 5.60. The highest BCUT2D eigenvalue weighted by Gasteiger charge is 2.19. The van der Waals surface area contributed by atoms with Gasteiger partial charge in [0, 0.05) is 11.1 Å². The van der Waals surface area contributed by atoms with Crippen molar-refractivity contribution in [1.29, 1.82) is 5.26 Å². The van der Waals surface area contributed by atoms with Crippen molar-refractivity contribution < 1.29 is 4.74 Å². The predicted octanol–water partition coefficient (Wildman–Crippen LogP) is 2.09. The van der Waals surface area contributed by atoms with Crippen molar-refractivity contribution in [2.45, 2.75) is 6.61 Å². The van der Waals surface area contributed by atoms with Gasteiger partial charge in [0.15, 0.2) is 0 Å². The smallest absolute Gasteiger partial charge is 0.142 e. The highest BCUT2D eigenvalue weighted by Crippen LogP contribution is 2.36. The molecule has 1 aromatic carbocycles. The molecule has 0 radical (unpaired) electrons. The maximum atomic E-state index is 8.90. The summed E-state index contributed by atoms with van der Waals surface area (Å²) in [5, 5.41) is 8.90. The highest BCUT2D eigenvalue weighted by atomic mass is 16.5. The number of nitrogens with zero attached hydrogens (tertiary/aromatic N) is 2. The average molecular weight is 223 g/mol. The Hall–Kier alpha value is -2.54. The topological polar surface area (TPSA) is 71.9 Å². The molecular formula is C13H9N3O. The van der Waals surface area contributed by atoms with Crippen molar-refractivity contribution >= 4 is 5.82 Å². The number of nitrogens with two attached hydrogens (primary N) is 1. The van der Waals surface area contributed by atoms with Crippen LogP contribution >= 0.6 is 0 Å². The fourth-order valence-electron chi connectivity index (χ4n) is 1.95.